The van der Waals surface area contributed by atoms with Crippen molar-refractivity contribution in [3.63, 3.8) is 0 Å². The molecule has 2 rings (SSSR count). The number of carbonyl (C=O) groups is 3. The second-order valence-electron chi connectivity index (χ2n) is 4.36. The maximum absolute atomic E-state index is 12.1. The summed E-state index contributed by atoms with van der Waals surface area (Å²) >= 11 is 0. The summed E-state index contributed by atoms with van der Waals surface area (Å²) in [6.45, 7) is 1.26. The van der Waals surface area contributed by atoms with Gasteiger partial charge in [-0.15, -0.1) is 4.72 Å². The normalized spacial score (nSPS) is 16.0. The Bertz CT molecular complexity index is 675. The van der Waals surface area contributed by atoms with Crippen LogP contribution in [0.5, 0.6) is 0 Å². The summed E-state index contributed by atoms with van der Waals surface area (Å²) < 4.78 is 24.9. The summed E-state index contributed by atoms with van der Waals surface area (Å²) in [5.41, 5.74) is 0.382. The molecule has 3 amide bonds. The van der Waals surface area contributed by atoms with Crippen molar-refractivity contribution in [2.24, 2.45) is 0 Å². The number of nitrogens with zero attached hydrogens (tertiary/aromatic N) is 2. The molecule has 105 valence electrons. The van der Waals surface area contributed by atoms with Crippen LogP contribution in [-0.4, -0.2) is 43.3 Å². The SMILES string of the molecule is CC(C(=O)[N]S(C)(=O)=O)N1C(=O)c2ccccc2C1=O. The maximum Gasteiger partial charge on any atom is 0.279 e. The molecule has 1 radical (unpaired) electrons. The highest BCUT2D eigenvalue weighted by atomic mass is 32.2. The summed E-state index contributed by atoms with van der Waals surface area (Å²) in [5.74, 6) is -2.31. The van der Waals surface area contributed by atoms with Gasteiger partial charge in [0.05, 0.1) is 17.4 Å². The summed E-state index contributed by atoms with van der Waals surface area (Å²) in [6.07, 6.45) is 0.764. The van der Waals surface area contributed by atoms with Gasteiger partial charge in [0.25, 0.3) is 27.7 Å². The van der Waals surface area contributed by atoms with Crippen molar-refractivity contribution >= 4 is 27.7 Å². The lowest BCUT2D eigenvalue weighted by molar-refractivity contribution is -0.122. The minimum atomic E-state index is -3.87. The van der Waals surface area contributed by atoms with E-state index in [1.165, 1.54) is 19.1 Å². The van der Waals surface area contributed by atoms with Crippen LogP contribution in [-0.2, 0) is 14.8 Å². The Labute approximate surface area is 115 Å². The van der Waals surface area contributed by atoms with Crippen molar-refractivity contribution in [2.45, 2.75) is 13.0 Å². The van der Waals surface area contributed by atoms with Crippen LogP contribution in [0.25, 0.3) is 0 Å². The quantitative estimate of drug-likeness (QED) is 0.716. The fourth-order valence-corrected chi connectivity index (χ4v) is 2.39. The Hall–Kier alpha value is -2.22. The van der Waals surface area contributed by atoms with Gasteiger partial charge in [-0.25, -0.2) is 8.42 Å². The molecule has 0 bridgehead atoms. The first-order valence-corrected chi connectivity index (χ1v) is 7.51. The molecule has 8 heteroatoms. The topological polar surface area (TPSA) is 103 Å². The Kier molecular flexibility index (Phi) is 3.34. The highest BCUT2D eigenvalue weighted by Crippen LogP contribution is 2.24. The van der Waals surface area contributed by atoms with Gasteiger partial charge in [-0.3, -0.25) is 19.3 Å². The zero-order valence-corrected chi connectivity index (χ0v) is 11.5. The molecule has 0 saturated heterocycles. The summed E-state index contributed by atoms with van der Waals surface area (Å²) in [7, 11) is -3.87. The van der Waals surface area contributed by atoms with Gasteiger partial charge in [-0.2, -0.15) is 0 Å². The maximum atomic E-state index is 12.1. The number of hydrogen-bond donors (Lipinski definition) is 0. The number of carbonyl (C=O) groups excluding carboxylic acids is 3. The van der Waals surface area contributed by atoms with Crippen molar-refractivity contribution in [2.75, 3.05) is 6.26 Å². The monoisotopic (exact) mass is 295 g/mol. The largest absolute Gasteiger partial charge is 0.279 e. The molecule has 1 aliphatic rings. The highest BCUT2D eigenvalue weighted by Gasteiger charge is 2.41. The molecule has 1 aliphatic heterocycles. The molecule has 0 saturated carbocycles. The van der Waals surface area contributed by atoms with Crippen LogP contribution < -0.4 is 4.72 Å². The standard InChI is InChI=1S/C12H11N2O5S/c1-7(10(15)13-20(2,18)19)14-11(16)8-5-3-4-6-9(8)12(14)17/h3-7H,1-2H3. The third-order valence-electron chi connectivity index (χ3n) is 2.83. The van der Waals surface area contributed by atoms with Gasteiger partial charge in [0.1, 0.15) is 6.04 Å². The van der Waals surface area contributed by atoms with E-state index in [0.717, 1.165) is 11.2 Å². The first-order chi connectivity index (χ1) is 9.22. The molecule has 0 fully saturated rings. The molecule has 1 aromatic rings. The minimum absolute atomic E-state index is 0.191. The predicted octanol–water partition coefficient (Wildman–Crippen LogP) is -0.238. The van der Waals surface area contributed by atoms with E-state index in [0.29, 0.717) is 0 Å². The molecule has 0 N–H and O–H groups in total. The van der Waals surface area contributed by atoms with Crippen molar-refractivity contribution in [1.29, 1.82) is 0 Å². The van der Waals surface area contributed by atoms with E-state index in [4.69, 9.17) is 0 Å². The third kappa shape index (κ3) is 2.42. The van der Waals surface area contributed by atoms with Gasteiger partial charge in [-0.05, 0) is 19.1 Å². The fourth-order valence-electron chi connectivity index (χ4n) is 1.91. The number of benzene rings is 1. The lowest BCUT2D eigenvalue weighted by Gasteiger charge is -2.19. The van der Waals surface area contributed by atoms with Crippen molar-refractivity contribution in [3.8, 4) is 0 Å². The van der Waals surface area contributed by atoms with Crippen LogP contribution >= 0.6 is 0 Å². The van der Waals surface area contributed by atoms with E-state index < -0.39 is 33.8 Å². The zero-order chi connectivity index (χ0) is 15.1. The second-order valence-corrected chi connectivity index (χ2v) is 6.01. The van der Waals surface area contributed by atoms with Crippen molar-refractivity contribution in [3.05, 3.63) is 35.4 Å². The van der Waals surface area contributed by atoms with E-state index in [1.807, 2.05) is 0 Å². The molecule has 1 unspecified atom stereocenters. The van der Waals surface area contributed by atoms with E-state index in [1.54, 1.807) is 12.1 Å². The Morgan fingerprint density at radius 2 is 1.60 bits per heavy atom. The van der Waals surface area contributed by atoms with Crippen LogP contribution in [0.15, 0.2) is 24.3 Å². The molecule has 0 aliphatic carbocycles. The van der Waals surface area contributed by atoms with Gasteiger partial charge in [0, 0.05) is 0 Å². The predicted molar refractivity (Wildman–Crippen MR) is 68.4 cm³/mol. The van der Waals surface area contributed by atoms with Crippen LogP contribution in [0.4, 0.5) is 0 Å². The number of rotatable bonds is 3. The van der Waals surface area contributed by atoms with Crippen LogP contribution in [0.2, 0.25) is 0 Å². The minimum Gasteiger partial charge on any atom is -0.269 e. The molecular formula is C12H11N2O5S. The smallest absolute Gasteiger partial charge is 0.269 e. The number of hydrogen-bond acceptors (Lipinski definition) is 5. The molecule has 0 spiro atoms. The summed E-state index contributed by atoms with van der Waals surface area (Å²) in [4.78, 5) is 36.6. The zero-order valence-electron chi connectivity index (χ0n) is 10.7. The number of imide groups is 1. The molecule has 1 aromatic carbocycles. The summed E-state index contributed by atoms with van der Waals surface area (Å²) in [5, 5.41) is 0. The van der Waals surface area contributed by atoms with Crippen LogP contribution in [0.3, 0.4) is 0 Å². The average molecular weight is 295 g/mol. The van der Waals surface area contributed by atoms with Gasteiger partial charge in [0.2, 0.25) is 0 Å². The first-order valence-electron chi connectivity index (χ1n) is 5.66. The van der Waals surface area contributed by atoms with Gasteiger partial charge in [-0.1, -0.05) is 12.1 Å². The van der Waals surface area contributed by atoms with Crippen LogP contribution in [0, 0.1) is 0 Å². The van der Waals surface area contributed by atoms with E-state index in [9.17, 15) is 22.8 Å². The molecule has 1 atom stereocenters. The van der Waals surface area contributed by atoms with Crippen molar-refractivity contribution in [1.82, 2.24) is 9.62 Å². The van der Waals surface area contributed by atoms with Gasteiger partial charge < -0.3 is 0 Å². The number of fused-ring (bicyclic) bond motifs is 1. The number of sulfonamides is 1. The first kappa shape index (κ1) is 14.2. The van der Waals surface area contributed by atoms with E-state index >= 15 is 0 Å². The average Bonchev–Trinajstić information content (AvgIpc) is 2.60. The van der Waals surface area contributed by atoms with Crippen molar-refractivity contribution < 1.29 is 22.8 Å². The third-order valence-corrected chi connectivity index (χ3v) is 3.34. The van der Waals surface area contributed by atoms with Crippen LogP contribution in [0.1, 0.15) is 27.6 Å². The van der Waals surface area contributed by atoms with Gasteiger partial charge >= 0.3 is 0 Å². The summed E-state index contributed by atoms with van der Waals surface area (Å²) in [6, 6.07) is 4.88. The van der Waals surface area contributed by atoms with E-state index in [-0.39, 0.29) is 11.1 Å². The fraction of sp³-hybridized carbons (Fsp3) is 0.250. The Morgan fingerprint density at radius 3 is 2.00 bits per heavy atom. The van der Waals surface area contributed by atoms with Gasteiger partial charge in [0.15, 0.2) is 0 Å². The molecule has 0 aromatic heterocycles. The molecule has 1 heterocycles. The molecule has 20 heavy (non-hydrogen) atoms. The van der Waals surface area contributed by atoms with E-state index in [2.05, 4.69) is 4.72 Å². The Morgan fingerprint density at radius 1 is 1.15 bits per heavy atom. The lowest BCUT2D eigenvalue weighted by atomic mass is 10.1. The number of amides is 3. The Balaban J connectivity index is 2.30. The second kappa shape index (κ2) is 4.71. The molecular weight excluding hydrogens is 284 g/mol. The highest BCUT2D eigenvalue weighted by molar-refractivity contribution is 7.89. The molecule has 7 nitrogen and oxygen atoms in total. The lowest BCUT2D eigenvalue weighted by Crippen LogP contribution is -2.46.